The zero-order valence-electron chi connectivity index (χ0n) is 15.1. The van der Waals surface area contributed by atoms with Crippen LogP contribution in [-0.4, -0.2) is 41.1 Å². The van der Waals surface area contributed by atoms with Gasteiger partial charge in [0.15, 0.2) is 6.10 Å². The lowest BCUT2D eigenvalue weighted by atomic mass is 10.1. The van der Waals surface area contributed by atoms with E-state index in [2.05, 4.69) is 0 Å². The van der Waals surface area contributed by atoms with E-state index in [9.17, 15) is 14.7 Å². The first-order chi connectivity index (χ1) is 12.4. The Labute approximate surface area is 153 Å². The standard InChI is InChI=1S/C20H23NO5/c1-14(20(23)24)21(13-16-7-5-4-6-8-16)19(22)15(2)26-18-11-9-17(25-3)10-12-18/h4-12,14-15H,13H2,1-3H3,(H,23,24). The summed E-state index contributed by atoms with van der Waals surface area (Å²) in [6.45, 7) is 3.30. The fourth-order valence-electron chi connectivity index (χ4n) is 2.46. The SMILES string of the molecule is COc1ccc(OC(C)C(=O)N(Cc2ccccc2)C(C)C(=O)O)cc1. The maximum absolute atomic E-state index is 12.8. The molecule has 26 heavy (non-hydrogen) atoms. The molecule has 1 amide bonds. The molecule has 2 aromatic carbocycles. The minimum atomic E-state index is -1.06. The summed E-state index contributed by atoms with van der Waals surface area (Å²) in [7, 11) is 1.57. The van der Waals surface area contributed by atoms with E-state index in [1.807, 2.05) is 30.3 Å². The average molecular weight is 357 g/mol. The minimum absolute atomic E-state index is 0.198. The molecule has 2 atom stereocenters. The van der Waals surface area contributed by atoms with Crippen molar-refractivity contribution in [3.63, 3.8) is 0 Å². The number of methoxy groups -OCH3 is 1. The van der Waals surface area contributed by atoms with Crippen LogP contribution in [-0.2, 0) is 16.1 Å². The maximum Gasteiger partial charge on any atom is 0.326 e. The number of amides is 1. The van der Waals surface area contributed by atoms with Crippen LogP contribution < -0.4 is 9.47 Å². The van der Waals surface area contributed by atoms with Crippen LogP contribution in [0.3, 0.4) is 0 Å². The van der Waals surface area contributed by atoms with Crippen LogP contribution in [0.5, 0.6) is 11.5 Å². The topological polar surface area (TPSA) is 76.1 Å². The summed E-state index contributed by atoms with van der Waals surface area (Å²) in [4.78, 5) is 25.6. The number of hydrogen-bond donors (Lipinski definition) is 1. The van der Waals surface area contributed by atoms with E-state index in [1.165, 1.54) is 11.8 Å². The van der Waals surface area contributed by atoms with Crippen LogP contribution in [0.25, 0.3) is 0 Å². The quantitative estimate of drug-likeness (QED) is 0.786. The zero-order chi connectivity index (χ0) is 19.1. The van der Waals surface area contributed by atoms with Gasteiger partial charge in [0.1, 0.15) is 17.5 Å². The van der Waals surface area contributed by atoms with Crippen molar-refractivity contribution < 1.29 is 24.2 Å². The van der Waals surface area contributed by atoms with Gasteiger partial charge in [0.05, 0.1) is 7.11 Å². The van der Waals surface area contributed by atoms with E-state index in [0.717, 1.165) is 5.56 Å². The van der Waals surface area contributed by atoms with Crippen molar-refractivity contribution in [3.05, 3.63) is 60.2 Å². The highest BCUT2D eigenvalue weighted by Gasteiger charge is 2.30. The number of rotatable bonds is 8. The number of benzene rings is 2. The molecule has 0 radical (unpaired) electrons. The Morgan fingerprint density at radius 3 is 2.12 bits per heavy atom. The van der Waals surface area contributed by atoms with E-state index in [4.69, 9.17) is 9.47 Å². The van der Waals surface area contributed by atoms with Gasteiger partial charge in [-0.15, -0.1) is 0 Å². The van der Waals surface area contributed by atoms with Crippen LogP contribution in [0.1, 0.15) is 19.4 Å². The number of hydrogen-bond acceptors (Lipinski definition) is 4. The van der Waals surface area contributed by atoms with Gasteiger partial charge in [-0.3, -0.25) is 4.79 Å². The van der Waals surface area contributed by atoms with Crippen LogP contribution in [0.2, 0.25) is 0 Å². The second-order valence-electron chi connectivity index (χ2n) is 5.90. The first-order valence-electron chi connectivity index (χ1n) is 8.30. The molecular formula is C20H23NO5. The highest BCUT2D eigenvalue weighted by atomic mass is 16.5. The van der Waals surface area contributed by atoms with Gasteiger partial charge in [-0.2, -0.15) is 0 Å². The Bertz CT molecular complexity index is 730. The third-order valence-corrected chi connectivity index (χ3v) is 4.02. The number of carbonyl (C=O) groups is 2. The lowest BCUT2D eigenvalue weighted by Crippen LogP contribution is -2.48. The smallest absolute Gasteiger partial charge is 0.326 e. The minimum Gasteiger partial charge on any atom is -0.497 e. The van der Waals surface area contributed by atoms with Crippen LogP contribution in [0, 0.1) is 0 Å². The van der Waals surface area contributed by atoms with Gasteiger partial charge >= 0.3 is 5.97 Å². The predicted octanol–water partition coefficient (Wildman–Crippen LogP) is 2.96. The van der Waals surface area contributed by atoms with E-state index >= 15 is 0 Å². The molecule has 138 valence electrons. The Kier molecular flexibility index (Phi) is 6.60. The van der Waals surface area contributed by atoms with Crippen LogP contribution >= 0.6 is 0 Å². The summed E-state index contributed by atoms with van der Waals surface area (Å²) in [6.07, 6.45) is -0.825. The van der Waals surface area contributed by atoms with E-state index < -0.39 is 18.1 Å². The highest BCUT2D eigenvalue weighted by molar-refractivity contribution is 5.86. The molecule has 2 rings (SSSR count). The third-order valence-electron chi connectivity index (χ3n) is 4.02. The van der Waals surface area contributed by atoms with Crippen molar-refractivity contribution in [3.8, 4) is 11.5 Å². The lowest BCUT2D eigenvalue weighted by Gasteiger charge is -2.29. The molecule has 0 fully saturated rings. The number of ether oxygens (including phenoxy) is 2. The van der Waals surface area contributed by atoms with Gasteiger partial charge in [-0.05, 0) is 43.7 Å². The van der Waals surface area contributed by atoms with Crippen molar-refractivity contribution in [2.24, 2.45) is 0 Å². The largest absolute Gasteiger partial charge is 0.497 e. The molecule has 1 N–H and O–H groups in total. The Balaban J connectivity index is 2.14. The number of aliphatic carboxylic acids is 1. The summed E-state index contributed by atoms with van der Waals surface area (Å²) >= 11 is 0. The van der Waals surface area contributed by atoms with Crippen LogP contribution in [0.4, 0.5) is 0 Å². The van der Waals surface area contributed by atoms with Crippen LogP contribution in [0.15, 0.2) is 54.6 Å². The molecule has 2 unspecified atom stereocenters. The molecule has 0 aliphatic carbocycles. The van der Waals surface area contributed by atoms with Crippen molar-refractivity contribution in [1.29, 1.82) is 0 Å². The Hall–Kier alpha value is -3.02. The average Bonchev–Trinajstić information content (AvgIpc) is 2.66. The fourth-order valence-corrected chi connectivity index (χ4v) is 2.46. The Morgan fingerprint density at radius 2 is 1.58 bits per heavy atom. The summed E-state index contributed by atoms with van der Waals surface area (Å²) in [5.41, 5.74) is 0.852. The lowest BCUT2D eigenvalue weighted by molar-refractivity contribution is -0.153. The van der Waals surface area contributed by atoms with Gasteiger partial charge < -0.3 is 19.5 Å². The second-order valence-corrected chi connectivity index (χ2v) is 5.90. The summed E-state index contributed by atoms with van der Waals surface area (Å²) in [5.74, 6) is -0.263. The second kappa shape index (κ2) is 8.89. The first-order valence-corrected chi connectivity index (χ1v) is 8.30. The third kappa shape index (κ3) is 4.99. The number of carboxylic acid groups (broad SMARTS) is 1. The molecule has 0 saturated heterocycles. The number of carbonyl (C=O) groups excluding carboxylic acids is 1. The fraction of sp³-hybridized carbons (Fsp3) is 0.300. The van der Waals surface area contributed by atoms with E-state index in [1.54, 1.807) is 38.3 Å². The van der Waals surface area contributed by atoms with Gasteiger partial charge in [-0.25, -0.2) is 4.79 Å². The molecule has 0 bridgehead atoms. The van der Waals surface area contributed by atoms with Gasteiger partial charge in [-0.1, -0.05) is 30.3 Å². The molecule has 0 heterocycles. The molecule has 0 aliphatic heterocycles. The van der Waals surface area contributed by atoms with Crippen molar-refractivity contribution in [1.82, 2.24) is 4.90 Å². The van der Waals surface area contributed by atoms with Crippen molar-refractivity contribution in [2.45, 2.75) is 32.5 Å². The monoisotopic (exact) mass is 357 g/mol. The van der Waals surface area contributed by atoms with Gasteiger partial charge in [0.25, 0.3) is 5.91 Å². The summed E-state index contributed by atoms with van der Waals surface area (Å²) in [5, 5.41) is 9.36. The zero-order valence-corrected chi connectivity index (χ0v) is 15.1. The maximum atomic E-state index is 12.8. The first kappa shape index (κ1) is 19.3. The molecule has 6 nitrogen and oxygen atoms in total. The van der Waals surface area contributed by atoms with Crippen molar-refractivity contribution >= 4 is 11.9 Å². The molecule has 2 aromatic rings. The molecule has 6 heteroatoms. The molecule has 0 aromatic heterocycles. The molecule has 0 spiro atoms. The molecule has 0 aliphatic rings. The van der Waals surface area contributed by atoms with Crippen molar-refractivity contribution in [2.75, 3.05) is 7.11 Å². The van der Waals surface area contributed by atoms with E-state index in [0.29, 0.717) is 11.5 Å². The predicted molar refractivity (Wildman–Crippen MR) is 97.2 cm³/mol. The van der Waals surface area contributed by atoms with Gasteiger partial charge in [0.2, 0.25) is 0 Å². The highest BCUT2D eigenvalue weighted by Crippen LogP contribution is 2.19. The molecular weight excluding hydrogens is 334 g/mol. The van der Waals surface area contributed by atoms with E-state index in [-0.39, 0.29) is 12.5 Å². The number of carboxylic acids is 1. The van der Waals surface area contributed by atoms with Gasteiger partial charge in [0, 0.05) is 6.54 Å². The summed E-state index contributed by atoms with van der Waals surface area (Å²) < 4.78 is 10.8. The molecule has 0 saturated carbocycles. The number of nitrogens with zero attached hydrogens (tertiary/aromatic N) is 1. The summed E-state index contributed by atoms with van der Waals surface area (Å²) in [6, 6.07) is 15.2. The Morgan fingerprint density at radius 1 is 1.00 bits per heavy atom. The normalized spacial score (nSPS) is 12.7.